The fourth-order valence-corrected chi connectivity index (χ4v) is 2.87. The number of phenolic OH excluding ortho intramolecular Hbond substituents is 1. The van der Waals surface area contributed by atoms with Crippen molar-refractivity contribution in [3.8, 4) is 5.75 Å². The van der Waals surface area contributed by atoms with Crippen LogP contribution >= 0.6 is 27.5 Å². The normalized spacial score (nSPS) is 15.9. The smallest absolute Gasteiger partial charge is 0.121 e. The molecule has 4 heteroatoms. The minimum Gasteiger partial charge on any atom is -0.508 e. The van der Waals surface area contributed by atoms with Gasteiger partial charge in [-0.05, 0) is 42.3 Å². The number of hydrogen-bond acceptors (Lipinski definition) is 2. The van der Waals surface area contributed by atoms with Gasteiger partial charge in [-0.1, -0.05) is 47.4 Å². The van der Waals surface area contributed by atoms with Gasteiger partial charge >= 0.3 is 0 Å². The summed E-state index contributed by atoms with van der Waals surface area (Å²) >= 11 is 9.33. The predicted molar refractivity (Wildman–Crippen MR) is 88.7 cm³/mol. The molecule has 0 aliphatic carbocycles. The maximum Gasteiger partial charge on any atom is 0.121 e. The van der Waals surface area contributed by atoms with E-state index in [2.05, 4.69) is 21.2 Å². The lowest BCUT2D eigenvalue weighted by molar-refractivity contribution is 0.464. The van der Waals surface area contributed by atoms with Gasteiger partial charge in [0.25, 0.3) is 0 Å². The molecule has 0 bridgehead atoms. The molecule has 0 saturated heterocycles. The van der Waals surface area contributed by atoms with E-state index in [1.165, 1.54) is 5.56 Å². The van der Waals surface area contributed by atoms with Crippen LogP contribution < -0.4 is 5.32 Å². The first kappa shape index (κ1) is 15.2. The molecule has 3 rings (SSSR count). The lowest BCUT2D eigenvalue weighted by atomic mass is 10.0. The number of benzene rings is 2. The Morgan fingerprint density at radius 1 is 1.20 bits per heavy atom. The van der Waals surface area contributed by atoms with Crippen LogP contribution in [0.5, 0.6) is 5.75 Å². The second kappa shape index (κ2) is 6.51. The highest BCUT2D eigenvalue weighted by molar-refractivity contribution is 9.10. The molecule has 2 aromatic rings. The van der Waals surface area contributed by atoms with E-state index in [1.807, 2.05) is 44.2 Å². The topological polar surface area (TPSA) is 32.3 Å². The van der Waals surface area contributed by atoms with Crippen LogP contribution in [0.4, 0.5) is 5.69 Å². The summed E-state index contributed by atoms with van der Waals surface area (Å²) in [5.41, 5.74) is 3.19. The summed E-state index contributed by atoms with van der Waals surface area (Å²) in [6.45, 7) is 4.00. The van der Waals surface area contributed by atoms with Gasteiger partial charge in [-0.25, -0.2) is 0 Å². The van der Waals surface area contributed by atoms with Crippen molar-refractivity contribution in [3.63, 3.8) is 0 Å². The first-order valence-corrected chi connectivity index (χ1v) is 7.84. The molecule has 2 N–H and O–H groups in total. The maximum absolute atomic E-state index is 9.99. The molecule has 2 nitrogen and oxygen atoms in total. The van der Waals surface area contributed by atoms with E-state index in [0.29, 0.717) is 5.75 Å². The minimum absolute atomic E-state index is 0.103. The molecular formula is C16H17BrClNO. The Labute approximate surface area is 132 Å². The van der Waals surface area contributed by atoms with Crippen LogP contribution in [0.15, 0.2) is 40.9 Å². The molecule has 106 valence electrons. The van der Waals surface area contributed by atoms with Gasteiger partial charge in [-0.2, -0.15) is 0 Å². The molecule has 0 aromatic heterocycles. The van der Waals surface area contributed by atoms with E-state index in [0.717, 1.165) is 27.2 Å². The van der Waals surface area contributed by atoms with Gasteiger partial charge in [0.15, 0.2) is 0 Å². The zero-order chi connectivity index (χ0) is 14.7. The van der Waals surface area contributed by atoms with Gasteiger partial charge in [0.1, 0.15) is 5.75 Å². The second-order valence-electron chi connectivity index (χ2n) is 4.41. The largest absolute Gasteiger partial charge is 0.508 e. The SMILES string of the molecule is CC.Oc1cc(Br)ccc1C1Cc2cc(Cl)ccc2N1. The van der Waals surface area contributed by atoms with Crippen molar-refractivity contribution in [3.05, 3.63) is 57.0 Å². The highest BCUT2D eigenvalue weighted by Gasteiger charge is 2.24. The summed E-state index contributed by atoms with van der Waals surface area (Å²) in [7, 11) is 0. The van der Waals surface area contributed by atoms with Crippen LogP contribution in [0, 0.1) is 0 Å². The summed E-state index contributed by atoms with van der Waals surface area (Å²) in [5, 5.41) is 14.1. The standard InChI is InChI=1S/C14H11BrClNO.C2H6/c15-9-1-3-11(14(18)7-9)13-6-8-5-10(16)2-4-12(8)17-13;1-2/h1-5,7,13,17-18H,6H2;1-2H3. The van der Waals surface area contributed by atoms with Gasteiger partial charge in [-0.3, -0.25) is 0 Å². The van der Waals surface area contributed by atoms with Crippen LogP contribution in [0.1, 0.15) is 31.0 Å². The summed E-state index contributed by atoms with van der Waals surface area (Å²) in [6, 6.07) is 11.5. The number of anilines is 1. The van der Waals surface area contributed by atoms with E-state index in [9.17, 15) is 5.11 Å². The first-order valence-electron chi connectivity index (χ1n) is 6.67. The molecular weight excluding hydrogens is 338 g/mol. The Hall–Kier alpha value is -1.19. The molecule has 1 aliphatic rings. The van der Waals surface area contributed by atoms with Gasteiger partial charge in [0.2, 0.25) is 0 Å². The number of halogens is 2. The number of aromatic hydroxyl groups is 1. The zero-order valence-corrected chi connectivity index (χ0v) is 13.8. The number of hydrogen-bond donors (Lipinski definition) is 2. The lowest BCUT2D eigenvalue weighted by Gasteiger charge is -2.13. The highest BCUT2D eigenvalue weighted by Crippen LogP contribution is 2.39. The summed E-state index contributed by atoms with van der Waals surface area (Å²) in [4.78, 5) is 0. The van der Waals surface area contributed by atoms with E-state index < -0.39 is 0 Å². The minimum atomic E-state index is 0.103. The van der Waals surface area contributed by atoms with Crippen molar-refractivity contribution in [2.75, 3.05) is 5.32 Å². The molecule has 20 heavy (non-hydrogen) atoms. The number of rotatable bonds is 1. The molecule has 2 aromatic carbocycles. The van der Waals surface area contributed by atoms with Crippen molar-refractivity contribution in [2.24, 2.45) is 0 Å². The van der Waals surface area contributed by atoms with Crippen molar-refractivity contribution >= 4 is 33.2 Å². The van der Waals surface area contributed by atoms with E-state index in [4.69, 9.17) is 11.6 Å². The van der Waals surface area contributed by atoms with E-state index in [-0.39, 0.29) is 6.04 Å². The Balaban J connectivity index is 0.000000704. The number of phenols is 1. The van der Waals surface area contributed by atoms with E-state index in [1.54, 1.807) is 6.07 Å². The van der Waals surface area contributed by atoms with Crippen LogP contribution in [0.3, 0.4) is 0 Å². The molecule has 0 saturated carbocycles. The lowest BCUT2D eigenvalue weighted by Crippen LogP contribution is -2.05. The van der Waals surface area contributed by atoms with Crippen LogP contribution in [0.2, 0.25) is 5.02 Å². The first-order chi connectivity index (χ1) is 9.63. The van der Waals surface area contributed by atoms with Gasteiger partial charge in [-0.15, -0.1) is 0 Å². The molecule has 1 aliphatic heterocycles. The Morgan fingerprint density at radius 2 is 1.95 bits per heavy atom. The number of fused-ring (bicyclic) bond motifs is 1. The van der Waals surface area contributed by atoms with Gasteiger partial charge in [0.05, 0.1) is 6.04 Å². The van der Waals surface area contributed by atoms with Crippen LogP contribution in [-0.4, -0.2) is 5.11 Å². The molecule has 1 atom stereocenters. The molecule has 0 spiro atoms. The fraction of sp³-hybridized carbons (Fsp3) is 0.250. The molecule has 0 fully saturated rings. The summed E-state index contributed by atoms with van der Waals surface area (Å²) in [6.07, 6.45) is 0.838. The molecule has 0 amide bonds. The molecule has 1 heterocycles. The van der Waals surface area contributed by atoms with Crippen LogP contribution in [0.25, 0.3) is 0 Å². The molecule has 0 radical (unpaired) electrons. The third-order valence-corrected chi connectivity index (χ3v) is 3.92. The van der Waals surface area contributed by atoms with E-state index >= 15 is 0 Å². The Bertz CT molecular complexity index is 615. The van der Waals surface area contributed by atoms with Gasteiger partial charge in [0, 0.05) is 20.7 Å². The average molecular weight is 355 g/mol. The van der Waals surface area contributed by atoms with Crippen molar-refractivity contribution in [2.45, 2.75) is 26.3 Å². The highest BCUT2D eigenvalue weighted by atomic mass is 79.9. The summed E-state index contributed by atoms with van der Waals surface area (Å²) < 4.78 is 0.877. The molecule has 1 unspecified atom stereocenters. The zero-order valence-electron chi connectivity index (χ0n) is 11.5. The summed E-state index contributed by atoms with van der Waals surface area (Å²) in [5.74, 6) is 0.306. The maximum atomic E-state index is 9.99. The third kappa shape index (κ3) is 3.10. The predicted octanol–water partition coefficient (Wildman–Crippen LogP) is 5.54. The van der Waals surface area contributed by atoms with Gasteiger partial charge < -0.3 is 10.4 Å². The second-order valence-corrected chi connectivity index (χ2v) is 5.76. The fourth-order valence-electron chi connectivity index (χ4n) is 2.33. The Morgan fingerprint density at radius 3 is 2.65 bits per heavy atom. The third-order valence-electron chi connectivity index (χ3n) is 3.19. The van der Waals surface area contributed by atoms with Crippen molar-refractivity contribution in [1.29, 1.82) is 0 Å². The van der Waals surface area contributed by atoms with Crippen LogP contribution in [-0.2, 0) is 6.42 Å². The monoisotopic (exact) mass is 353 g/mol. The quantitative estimate of drug-likeness (QED) is 0.704. The number of nitrogens with one attached hydrogen (secondary N) is 1. The van der Waals surface area contributed by atoms with Crippen molar-refractivity contribution in [1.82, 2.24) is 0 Å². The average Bonchev–Trinajstić information content (AvgIpc) is 2.83. The van der Waals surface area contributed by atoms with Crippen molar-refractivity contribution < 1.29 is 5.11 Å². The Kier molecular flexibility index (Phi) is 4.95.